The summed E-state index contributed by atoms with van der Waals surface area (Å²) in [6.07, 6.45) is 1.66. The van der Waals surface area contributed by atoms with E-state index >= 15 is 0 Å². The van der Waals surface area contributed by atoms with Crippen LogP contribution in [0.3, 0.4) is 0 Å². The van der Waals surface area contributed by atoms with Crippen LogP contribution in [0.15, 0.2) is 60.8 Å². The molecule has 0 bridgehead atoms. The molecule has 0 saturated carbocycles. The molecule has 5 nitrogen and oxygen atoms in total. The number of carbonyl (C=O) groups excluding carboxylic acids is 2. The van der Waals surface area contributed by atoms with Gasteiger partial charge in [0.25, 0.3) is 0 Å². The maximum absolute atomic E-state index is 12.3. The molecule has 0 unspecified atom stereocenters. The maximum Gasteiger partial charge on any atom is 0.313 e. The summed E-state index contributed by atoms with van der Waals surface area (Å²) >= 11 is 0. The van der Waals surface area contributed by atoms with Crippen LogP contribution < -0.4 is 10.6 Å². The average molecular weight is 361 g/mol. The van der Waals surface area contributed by atoms with Crippen molar-refractivity contribution >= 4 is 28.4 Å². The normalized spacial score (nSPS) is 11.2. The molecule has 3 aromatic rings. The smallest absolute Gasteiger partial charge is 0.313 e. The van der Waals surface area contributed by atoms with Gasteiger partial charge in [0.1, 0.15) is 0 Å². The number of aromatic nitrogens is 1. The minimum Gasteiger partial charge on any atom is -0.347 e. The zero-order valence-electron chi connectivity index (χ0n) is 15.7. The lowest BCUT2D eigenvalue weighted by molar-refractivity contribution is -0.136. The fourth-order valence-corrected chi connectivity index (χ4v) is 3.19. The van der Waals surface area contributed by atoms with Crippen molar-refractivity contribution in [3.05, 3.63) is 71.9 Å². The summed E-state index contributed by atoms with van der Waals surface area (Å²) in [5.74, 6) is -1.36. The van der Waals surface area contributed by atoms with Gasteiger partial charge in [-0.25, -0.2) is 0 Å². The van der Waals surface area contributed by atoms with Crippen molar-refractivity contribution in [2.75, 3.05) is 11.9 Å². The molecule has 0 radical (unpaired) electrons. The zero-order valence-corrected chi connectivity index (χ0v) is 15.7. The molecule has 0 aliphatic carbocycles. The van der Waals surface area contributed by atoms with Crippen LogP contribution in [-0.4, -0.2) is 23.3 Å². The first kappa shape index (κ1) is 18.6. The third-order valence-electron chi connectivity index (χ3n) is 4.65. The summed E-state index contributed by atoms with van der Waals surface area (Å²) in [4.78, 5) is 28.9. The number of para-hydroxylation sites is 1. The highest BCUT2D eigenvalue weighted by Gasteiger charge is 2.24. The fourth-order valence-electron chi connectivity index (χ4n) is 3.19. The van der Waals surface area contributed by atoms with Gasteiger partial charge in [-0.05, 0) is 30.2 Å². The lowest BCUT2D eigenvalue weighted by Crippen LogP contribution is -2.42. The Morgan fingerprint density at radius 3 is 2.48 bits per heavy atom. The highest BCUT2D eigenvalue weighted by atomic mass is 16.2. The van der Waals surface area contributed by atoms with E-state index in [4.69, 9.17) is 0 Å². The van der Waals surface area contributed by atoms with Crippen LogP contribution in [0.4, 0.5) is 5.69 Å². The lowest BCUT2D eigenvalue weighted by atomic mass is 9.82. The van der Waals surface area contributed by atoms with Crippen molar-refractivity contribution < 1.29 is 9.59 Å². The van der Waals surface area contributed by atoms with E-state index in [2.05, 4.69) is 15.6 Å². The monoisotopic (exact) mass is 361 g/mol. The van der Waals surface area contributed by atoms with Gasteiger partial charge >= 0.3 is 11.8 Å². The third kappa shape index (κ3) is 4.14. The van der Waals surface area contributed by atoms with Gasteiger partial charge in [-0.2, -0.15) is 0 Å². The number of carbonyl (C=O) groups is 2. The van der Waals surface area contributed by atoms with Crippen molar-refractivity contribution in [2.24, 2.45) is 0 Å². The molecule has 5 heteroatoms. The van der Waals surface area contributed by atoms with Crippen LogP contribution in [0, 0.1) is 6.92 Å². The van der Waals surface area contributed by atoms with Crippen LogP contribution in [0.5, 0.6) is 0 Å². The maximum atomic E-state index is 12.3. The van der Waals surface area contributed by atoms with Crippen LogP contribution in [0.2, 0.25) is 0 Å². The lowest BCUT2D eigenvalue weighted by Gasteiger charge is -2.27. The van der Waals surface area contributed by atoms with Gasteiger partial charge in [0.2, 0.25) is 0 Å². The molecule has 0 spiro atoms. The minimum absolute atomic E-state index is 0.289. The standard InChI is InChI=1S/C22H23N3O2/c1-15-8-4-5-11-17(15)22(2,3)14-24-20(26)21(27)25-18-12-6-9-16-10-7-13-23-19(16)18/h4-13H,14H2,1-3H3,(H,24,26)(H,25,27). The largest absolute Gasteiger partial charge is 0.347 e. The molecule has 0 saturated heterocycles. The van der Waals surface area contributed by atoms with Gasteiger partial charge in [0, 0.05) is 23.5 Å². The number of nitrogens with one attached hydrogen (secondary N) is 2. The summed E-state index contributed by atoms with van der Waals surface area (Å²) in [6.45, 7) is 6.49. The number of amides is 2. The Kier molecular flexibility index (Phi) is 5.21. The summed E-state index contributed by atoms with van der Waals surface area (Å²) in [5, 5.41) is 6.30. The van der Waals surface area contributed by atoms with E-state index in [9.17, 15) is 9.59 Å². The van der Waals surface area contributed by atoms with E-state index < -0.39 is 11.8 Å². The van der Waals surface area contributed by atoms with Gasteiger partial charge in [-0.3, -0.25) is 14.6 Å². The SMILES string of the molecule is Cc1ccccc1C(C)(C)CNC(=O)C(=O)Nc1cccc2cccnc12. The van der Waals surface area contributed by atoms with Crippen molar-refractivity contribution in [2.45, 2.75) is 26.2 Å². The number of hydrogen-bond donors (Lipinski definition) is 2. The Labute approximate surface area is 158 Å². The molecule has 1 heterocycles. The van der Waals surface area contributed by atoms with Crippen LogP contribution in [-0.2, 0) is 15.0 Å². The number of hydrogen-bond acceptors (Lipinski definition) is 3. The quantitative estimate of drug-likeness (QED) is 0.698. The second-order valence-corrected chi connectivity index (χ2v) is 7.22. The zero-order chi connectivity index (χ0) is 19.4. The Morgan fingerprint density at radius 2 is 1.70 bits per heavy atom. The van der Waals surface area contributed by atoms with Crippen LogP contribution in [0.1, 0.15) is 25.0 Å². The molecule has 1 aromatic heterocycles. The second-order valence-electron chi connectivity index (χ2n) is 7.22. The Hall–Kier alpha value is -3.21. The number of benzene rings is 2. The van der Waals surface area contributed by atoms with Gasteiger partial charge in [0.15, 0.2) is 0 Å². The van der Waals surface area contributed by atoms with Crippen LogP contribution >= 0.6 is 0 Å². The molecule has 0 aliphatic rings. The molecule has 138 valence electrons. The van der Waals surface area contributed by atoms with E-state index in [-0.39, 0.29) is 5.41 Å². The van der Waals surface area contributed by atoms with E-state index in [1.165, 1.54) is 0 Å². The summed E-state index contributed by atoms with van der Waals surface area (Å²) in [7, 11) is 0. The number of rotatable bonds is 4. The third-order valence-corrected chi connectivity index (χ3v) is 4.65. The van der Waals surface area contributed by atoms with Gasteiger partial charge in [-0.15, -0.1) is 0 Å². The number of fused-ring (bicyclic) bond motifs is 1. The van der Waals surface area contributed by atoms with Crippen LogP contribution in [0.25, 0.3) is 10.9 Å². The first-order valence-electron chi connectivity index (χ1n) is 8.87. The van der Waals surface area contributed by atoms with E-state index in [1.54, 1.807) is 12.3 Å². The molecule has 27 heavy (non-hydrogen) atoms. The number of anilines is 1. The Morgan fingerprint density at radius 1 is 0.963 bits per heavy atom. The van der Waals surface area contributed by atoms with Crippen molar-refractivity contribution in [3.8, 4) is 0 Å². The minimum atomic E-state index is -0.700. The molecular formula is C22H23N3O2. The van der Waals surface area contributed by atoms with E-state index in [0.717, 1.165) is 16.5 Å². The molecule has 2 aromatic carbocycles. The predicted molar refractivity (Wildman–Crippen MR) is 108 cm³/mol. The van der Waals surface area contributed by atoms with Gasteiger partial charge < -0.3 is 10.6 Å². The topological polar surface area (TPSA) is 71.1 Å². The fraction of sp³-hybridized carbons (Fsp3) is 0.227. The number of pyridine rings is 1. The second kappa shape index (κ2) is 7.58. The molecule has 2 amide bonds. The average Bonchev–Trinajstić information content (AvgIpc) is 2.66. The first-order valence-corrected chi connectivity index (χ1v) is 8.87. The molecule has 2 N–H and O–H groups in total. The summed E-state index contributed by atoms with van der Waals surface area (Å²) in [5.41, 5.74) is 3.18. The predicted octanol–water partition coefficient (Wildman–Crippen LogP) is 3.58. The van der Waals surface area contributed by atoms with E-state index in [0.29, 0.717) is 17.7 Å². The van der Waals surface area contributed by atoms with Crippen molar-refractivity contribution in [1.29, 1.82) is 0 Å². The molecule has 0 aliphatic heterocycles. The van der Waals surface area contributed by atoms with Gasteiger partial charge in [0.05, 0.1) is 11.2 Å². The number of nitrogens with zero attached hydrogens (tertiary/aromatic N) is 1. The van der Waals surface area contributed by atoms with Gasteiger partial charge in [-0.1, -0.05) is 56.3 Å². The molecule has 0 atom stereocenters. The van der Waals surface area contributed by atoms with Crippen molar-refractivity contribution in [1.82, 2.24) is 10.3 Å². The Balaban J connectivity index is 1.67. The molecule has 3 rings (SSSR count). The molecular weight excluding hydrogens is 338 g/mol. The summed E-state index contributed by atoms with van der Waals surface area (Å²) in [6, 6.07) is 17.2. The van der Waals surface area contributed by atoms with Crippen molar-refractivity contribution in [3.63, 3.8) is 0 Å². The highest BCUT2D eigenvalue weighted by molar-refractivity contribution is 6.40. The number of aryl methyl sites for hydroxylation is 1. The molecule has 0 fully saturated rings. The highest BCUT2D eigenvalue weighted by Crippen LogP contribution is 2.25. The first-order chi connectivity index (χ1) is 12.9. The van der Waals surface area contributed by atoms with E-state index in [1.807, 2.05) is 69.3 Å². The Bertz CT molecular complexity index is 990. The summed E-state index contributed by atoms with van der Waals surface area (Å²) < 4.78 is 0.